The minimum absolute atomic E-state index is 0.0447. The van der Waals surface area contributed by atoms with E-state index in [0.717, 1.165) is 12.3 Å². The first-order chi connectivity index (χ1) is 6.56. The number of ether oxygens (including phenoxy) is 1. The minimum Gasteiger partial charge on any atom is -0.478 e. The highest BCUT2D eigenvalue weighted by molar-refractivity contribution is 6.33. The SMILES string of the molecule is COC(=O)c1ncc(C(=O)O)cc1Cl. The summed E-state index contributed by atoms with van der Waals surface area (Å²) in [6.45, 7) is 0. The molecule has 5 nitrogen and oxygen atoms in total. The number of halogens is 1. The van der Waals surface area contributed by atoms with Gasteiger partial charge in [-0.15, -0.1) is 0 Å². The predicted octanol–water partition coefficient (Wildman–Crippen LogP) is 1.22. The Hall–Kier alpha value is -1.62. The molecule has 0 aromatic carbocycles. The van der Waals surface area contributed by atoms with Gasteiger partial charge in [0.2, 0.25) is 0 Å². The van der Waals surface area contributed by atoms with E-state index in [-0.39, 0.29) is 16.3 Å². The Morgan fingerprint density at radius 1 is 1.57 bits per heavy atom. The van der Waals surface area contributed by atoms with E-state index in [4.69, 9.17) is 16.7 Å². The van der Waals surface area contributed by atoms with Gasteiger partial charge in [0.05, 0.1) is 17.7 Å². The molecule has 0 radical (unpaired) electrons. The highest BCUT2D eigenvalue weighted by Gasteiger charge is 2.14. The van der Waals surface area contributed by atoms with Crippen LogP contribution in [0.1, 0.15) is 20.8 Å². The Labute approximate surface area is 84.3 Å². The van der Waals surface area contributed by atoms with Crippen molar-refractivity contribution in [1.29, 1.82) is 0 Å². The smallest absolute Gasteiger partial charge is 0.358 e. The Morgan fingerprint density at radius 3 is 2.64 bits per heavy atom. The number of carbonyl (C=O) groups excluding carboxylic acids is 1. The van der Waals surface area contributed by atoms with Crippen molar-refractivity contribution in [2.45, 2.75) is 0 Å². The maximum atomic E-state index is 11.0. The van der Waals surface area contributed by atoms with Gasteiger partial charge in [-0.05, 0) is 6.07 Å². The summed E-state index contributed by atoms with van der Waals surface area (Å²) in [5.74, 6) is -1.86. The molecular formula is C8H6ClNO4. The molecule has 0 fully saturated rings. The van der Waals surface area contributed by atoms with Crippen LogP contribution in [-0.2, 0) is 4.74 Å². The topological polar surface area (TPSA) is 76.5 Å². The van der Waals surface area contributed by atoms with Crippen LogP contribution >= 0.6 is 11.6 Å². The number of aromatic carboxylic acids is 1. The van der Waals surface area contributed by atoms with Crippen LogP contribution in [-0.4, -0.2) is 29.1 Å². The van der Waals surface area contributed by atoms with E-state index in [1.807, 2.05) is 0 Å². The van der Waals surface area contributed by atoms with Gasteiger partial charge >= 0.3 is 11.9 Å². The van der Waals surface area contributed by atoms with Crippen molar-refractivity contribution >= 4 is 23.5 Å². The quantitative estimate of drug-likeness (QED) is 0.751. The number of nitrogens with zero attached hydrogens (tertiary/aromatic N) is 1. The zero-order chi connectivity index (χ0) is 10.7. The van der Waals surface area contributed by atoms with E-state index < -0.39 is 11.9 Å². The molecule has 14 heavy (non-hydrogen) atoms. The molecule has 1 rings (SSSR count). The molecule has 0 atom stereocenters. The van der Waals surface area contributed by atoms with Crippen LogP contribution in [0.3, 0.4) is 0 Å². The summed E-state index contributed by atoms with van der Waals surface area (Å²) < 4.78 is 4.38. The standard InChI is InChI=1S/C8H6ClNO4/c1-14-8(13)6-5(9)2-4(3-10-6)7(11)12/h2-3H,1H3,(H,11,12). The molecule has 0 amide bonds. The van der Waals surface area contributed by atoms with Gasteiger partial charge in [-0.2, -0.15) is 0 Å². The lowest BCUT2D eigenvalue weighted by atomic mass is 10.2. The van der Waals surface area contributed by atoms with Crippen LogP contribution in [0.15, 0.2) is 12.3 Å². The largest absolute Gasteiger partial charge is 0.478 e. The predicted molar refractivity (Wildman–Crippen MR) is 47.5 cm³/mol. The van der Waals surface area contributed by atoms with Gasteiger partial charge in [-0.3, -0.25) is 0 Å². The molecular weight excluding hydrogens is 210 g/mol. The summed E-state index contributed by atoms with van der Waals surface area (Å²) in [4.78, 5) is 25.1. The van der Waals surface area contributed by atoms with Crippen molar-refractivity contribution in [2.75, 3.05) is 7.11 Å². The van der Waals surface area contributed by atoms with Gasteiger partial charge in [0.15, 0.2) is 5.69 Å². The van der Waals surface area contributed by atoms with E-state index in [0.29, 0.717) is 0 Å². The number of carbonyl (C=O) groups is 2. The number of esters is 1. The van der Waals surface area contributed by atoms with E-state index in [9.17, 15) is 9.59 Å². The summed E-state index contributed by atoms with van der Waals surface area (Å²) >= 11 is 5.62. The number of aromatic nitrogens is 1. The molecule has 0 unspecified atom stereocenters. The molecule has 6 heteroatoms. The average Bonchev–Trinajstić information content (AvgIpc) is 2.16. The van der Waals surface area contributed by atoms with Gasteiger partial charge in [0.25, 0.3) is 0 Å². The summed E-state index contributed by atoms with van der Waals surface area (Å²) in [5, 5.41) is 8.54. The van der Waals surface area contributed by atoms with Crippen LogP contribution in [0.4, 0.5) is 0 Å². The number of carboxylic acids is 1. The number of carboxylic acid groups (broad SMARTS) is 1. The van der Waals surface area contributed by atoms with Crippen LogP contribution in [0.5, 0.6) is 0 Å². The van der Waals surface area contributed by atoms with Crippen LogP contribution in [0.25, 0.3) is 0 Å². The van der Waals surface area contributed by atoms with Crippen molar-refractivity contribution in [3.8, 4) is 0 Å². The van der Waals surface area contributed by atoms with Gasteiger partial charge in [-0.25, -0.2) is 14.6 Å². The Kier molecular flexibility index (Phi) is 3.03. The van der Waals surface area contributed by atoms with Crippen LogP contribution in [0.2, 0.25) is 5.02 Å². The second-order valence-corrected chi connectivity index (χ2v) is 2.76. The number of rotatable bonds is 2. The highest BCUT2D eigenvalue weighted by Crippen LogP contribution is 2.15. The average molecular weight is 216 g/mol. The van der Waals surface area contributed by atoms with Crippen molar-refractivity contribution < 1.29 is 19.4 Å². The van der Waals surface area contributed by atoms with Crippen molar-refractivity contribution in [1.82, 2.24) is 4.98 Å². The summed E-state index contributed by atoms with van der Waals surface area (Å²) in [6, 6.07) is 1.14. The maximum absolute atomic E-state index is 11.0. The molecule has 1 aromatic heterocycles. The lowest BCUT2D eigenvalue weighted by Gasteiger charge is -2.01. The van der Waals surface area contributed by atoms with Gasteiger partial charge in [-0.1, -0.05) is 11.6 Å². The molecule has 0 spiro atoms. The van der Waals surface area contributed by atoms with Crippen LogP contribution < -0.4 is 0 Å². The Morgan fingerprint density at radius 2 is 2.21 bits per heavy atom. The fourth-order valence-electron chi connectivity index (χ4n) is 0.802. The fourth-order valence-corrected chi connectivity index (χ4v) is 1.05. The third-order valence-corrected chi connectivity index (χ3v) is 1.75. The third-order valence-electron chi connectivity index (χ3n) is 1.47. The van der Waals surface area contributed by atoms with Crippen molar-refractivity contribution in [3.63, 3.8) is 0 Å². The molecule has 0 saturated heterocycles. The molecule has 0 bridgehead atoms. The van der Waals surface area contributed by atoms with E-state index >= 15 is 0 Å². The molecule has 1 N–H and O–H groups in total. The van der Waals surface area contributed by atoms with E-state index in [1.165, 1.54) is 7.11 Å². The van der Waals surface area contributed by atoms with Gasteiger partial charge < -0.3 is 9.84 Å². The number of hydrogen-bond acceptors (Lipinski definition) is 4. The fraction of sp³-hybridized carbons (Fsp3) is 0.125. The van der Waals surface area contributed by atoms with Crippen molar-refractivity contribution in [2.24, 2.45) is 0 Å². The van der Waals surface area contributed by atoms with E-state index in [2.05, 4.69) is 9.72 Å². The maximum Gasteiger partial charge on any atom is 0.358 e. The molecule has 0 aliphatic rings. The zero-order valence-corrected chi connectivity index (χ0v) is 7.91. The van der Waals surface area contributed by atoms with E-state index in [1.54, 1.807) is 0 Å². The molecule has 0 aliphatic carbocycles. The first kappa shape index (κ1) is 10.5. The first-order valence-electron chi connectivity index (χ1n) is 3.53. The molecule has 1 aromatic rings. The Bertz CT molecular complexity index is 391. The normalized spacial score (nSPS) is 9.57. The lowest BCUT2D eigenvalue weighted by molar-refractivity contribution is 0.0591. The monoisotopic (exact) mass is 215 g/mol. The zero-order valence-electron chi connectivity index (χ0n) is 7.15. The minimum atomic E-state index is -1.16. The molecule has 74 valence electrons. The van der Waals surface area contributed by atoms with Gasteiger partial charge in [0, 0.05) is 6.20 Å². The summed E-state index contributed by atoms with van der Waals surface area (Å²) in [7, 11) is 1.19. The highest BCUT2D eigenvalue weighted by atomic mass is 35.5. The van der Waals surface area contributed by atoms with Crippen molar-refractivity contribution in [3.05, 3.63) is 28.5 Å². The number of methoxy groups -OCH3 is 1. The third kappa shape index (κ3) is 2.00. The van der Waals surface area contributed by atoms with Gasteiger partial charge in [0.1, 0.15) is 0 Å². The molecule has 0 aliphatic heterocycles. The second kappa shape index (κ2) is 4.06. The Balaban J connectivity index is 3.14. The second-order valence-electron chi connectivity index (χ2n) is 2.35. The lowest BCUT2D eigenvalue weighted by Crippen LogP contribution is -2.07. The first-order valence-corrected chi connectivity index (χ1v) is 3.91. The number of hydrogen-bond donors (Lipinski definition) is 1. The molecule has 0 saturated carbocycles. The summed E-state index contributed by atoms with van der Waals surface area (Å²) in [6.07, 6.45) is 1.04. The summed E-state index contributed by atoms with van der Waals surface area (Å²) in [5.41, 5.74) is -0.179. The number of pyridine rings is 1. The molecule has 1 heterocycles. The van der Waals surface area contributed by atoms with Crippen LogP contribution in [0, 0.1) is 0 Å².